The second-order valence-corrected chi connectivity index (χ2v) is 5.90. The van der Waals surface area contributed by atoms with E-state index in [0.29, 0.717) is 24.6 Å². The average molecular weight is 268 g/mol. The summed E-state index contributed by atoms with van der Waals surface area (Å²) in [6.45, 7) is 4.03. The molecule has 2 rings (SSSR count). The number of carbonyl (C=O) groups excluding carboxylic acids is 1. The van der Waals surface area contributed by atoms with Crippen LogP contribution in [0.2, 0.25) is 0 Å². The molecule has 110 valence electrons. The molecule has 0 radical (unpaired) electrons. The van der Waals surface area contributed by atoms with Gasteiger partial charge in [0.1, 0.15) is 0 Å². The van der Waals surface area contributed by atoms with Gasteiger partial charge in [-0.2, -0.15) is 0 Å². The van der Waals surface area contributed by atoms with Gasteiger partial charge in [-0.1, -0.05) is 13.3 Å². The molecular formula is C15H28N2O2. The van der Waals surface area contributed by atoms with Crippen molar-refractivity contribution in [2.24, 2.45) is 0 Å². The average Bonchev–Trinajstić information content (AvgIpc) is 3.19. The van der Waals surface area contributed by atoms with Crippen molar-refractivity contribution in [2.75, 3.05) is 13.2 Å². The smallest absolute Gasteiger partial charge is 0.220 e. The lowest BCUT2D eigenvalue weighted by Gasteiger charge is -2.30. The van der Waals surface area contributed by atoms with Gasteiger partial charge in [-0.15, -0.1) is 0 Å². The van der Waals surface area contributed by atoms with Crippen molar-refractivity contribution < 1.29 is 9.53 Å². The van der Waals surface area contributed by atoms with E-state index in [1.165, 1.54) is 25.7 Å². The van der Waals surface area contributed by atoms with E-state index < -0.39 is 0 Å². The first-order valence-corrected chi connectivity index (χ1v) is 7.92. The Morgan fingerprint density at radius 2 is 2.11 bits per heavy atom. The van der Waals surface area contributed by atoms with Crippen molar-refractivity contribution in [2.45, 2.75) is 76.5 Å². The fourth-order valence-electron chi connectivity index (χ4n) is 2.67. The Hall–Kier alpha value is -0.610. The van der Waals surface area contributed by atoms with E-state index in [0.717, 1.165) is 32.4 Å². The molecule has 2 atom stereocenters. The van der Waals surface area contributed by atoms with Gasteiger partial charge in [-0.3, -0.25) is 4.79 Å². The Morgan fingerprint density at radius 3 is 2.84 bits per heavy atom. The molecule has 4 heteroatoms. The highest BCUT2D eigenvalue weighted by Crippen LogP contribution is 2.19. The van der Waals surface area contributed by atoms with Crippen molar-refractivity contribution >= 4 is 5.91 Å². The molecule has 1 heterocycles. The highest BCUT2D eigenvalue weighted by molar-refractivity contribution is 5.76. The van der Waals surface area contributed by atoms with Gasteiger partial charge in [0.25, 0.3) is 0 Å². The maximum Gasteiger partial charge on any atom is 0.220 e. The zero-order chi connectivity index (χ0) is 13.5. The first-order valence-electron chi connectivity index (χ1n) is 7.92. The lowest BCUT2D eigenvalue weighted by molar-refractivity contribution is -0.121. The normalized spacial score (nSPS) is 27.2. The molecule has 0 bridgehead atoms. The van der Waals surface area contributed by atoms with Gasteiger partial charge in [0.2, 0.25) is 5.91 Å². The number of hydrogen-bond acceptors (Lipinski definition) is 3. The molecule has 0 aromatic heterocycles. The number of carbonyl (C=O) groups is 1. The first kappa shape index (κ1) is 14.8. The molecule has 0 aromatic carbocycles. The summed E-state index contributed by atoms with van der Waals surface area (Å²) < 4.78 is 5.74. The van der Waals surface area contributed by atoms with Gasteiger partial charge in [-0.05, 0) is 45.1 Å². The maximum absolute atomic E-state index is 11.5. The lowest BCUT2D eigenvalue weighted by atomic mass is 10.00. The molecular weight excluding hydrogens is 240 g/mol. The molecule has 2 fully saturated rings. The summed E-state index contributed by atoms with van der Waals surface area (Å²) in [6, 6.07) is 1.07. The van der Waals surface area contributed by atoms with Crippen molar-refractivity contribution in [3.8, 4) is 0 Å². The SMILES string of the molecule is CCCC1CC(NCCCC(=O)NC2CC2)CCO1. The van der Waals surface area contributed by atoms with E-state index in [9.17, 15) is 4.79 Å². The predicted molar refractivity (Wildman–Crippen MR) is 76.1 cm³/mol. The third kappa shape index (κ3) is 5.91. The summed E-state index contributed by atoms with van der Waals surface area (Å²) >= 11 is 0. The molecule has 2 aliphatic rings. The van der Waals surface area contributed by atoms with Gasteiger partial charge < -0.3 is 15.4 Å². The van der Waals surface area contributed by atoms with Gasteiger partial charge in [0.15, 0.2) is 0 Å². The summed E-state index contributed by atoms with van der Waals surface area (Å²) in [4.78, 5) is 11.5. The third-order valence-electron chi connectivity index (χ3n) is 3.93. The van der Waals surface area contributed by atoms with Crippen LogP contribution in [0.1, 0.15) is 58.3 Å². The maximum atomic E-state index is 11.5. The highest BCUT2D eigenvalue weighted by Gasteiger charge is 2.23. The topological polar surface area (TPSA) is 50.4 Å². The Balaban J connectivity index is 1.50. The van der Waals surface area contributed by atoms with E-state index in [-0.39, 0.29) is 5.91 Å². The summed E-state index contributed by atoms with van der Waals surface area (Å²) in [5.74, 6) is 0.222. The van der Waals surface area contributed by atoms with Crippen LogP contribution in [0.3, 0.4) is 0 Å². The van der Waals surface area contributed by atoms with E-state index >= 15 is 0 Å². The standard InChI is InChI=1S/C15H28N2O2/c1-2-4-14-11-13(8-10-19-14)16-9-3-5-15(18)17-12-6-7-12/h12-14,16H,2-11H2,1H3,(H,17,18). The Kier molecular flexibility index (Phi) is 6.11. The monoisotopic (exact) mass is 268 g/mol. The predicted octanol–water partition coefficient (Wildman–Crippen LogP) is 1.98. The van der Waals surface area contributed by atoms with Gasteiger partial charge in [-0.25, -0.2) is 0 Å². The molecule has 1 saturated carbocycles. The van der Waals surface area contributed by atoms with E-state index in [1.807, 2.05) is 0 Å². The Labute approximate surface area is 116 Å². The van der Waals surface area contributed by atoms with E-state index in [2.05, 4.69) is 17.6 Å². The zero-order valence-electron chi connectivity index (χ0n) is 12.1. The van der Waals surface area contributed by atoms with Crippen LogP contribution < -0.4 is 10.6 Å². The van der Waals surface area contributed by atoms with Crippen LogP contribution in [0.5, 0.6) is 0 Å². The molecule has 1 saturated heterocycles. The summed E-state index contributed by atoms with van der Waals surface area (Å²) in [5, 5.41) is 6.60. The number of rotatable bonds is 8. The molecule has 2 N–H and O–H groups in total. The lowest BCUT2D eigenvalue weighted by Crippen LogP contribution is -2.39. The van der Waals surface area contributed by atoms with Crippen LogP contribution in [-0.2, 0) is 9.53 Å². The fourth-order valence-corrected chi connectivity index (χ4v) is 2.67. The van der Waals surface area contributed by atoms with Gasteiger partial charge in [0.05, 0.1) is 6.10 Å². The van der Waals surface area contributed by atoms with Crippen LogP contribution in [0.4, 0.5) is 0 Å². The zero-order valence-corrected chi connectivity index (χ0v) is 12.1. The minimum atomic E-state index is 0.222. The van der Waals surface area contributed by atoms with Crippen LogP contribution in [-0.4, -0.2) is 37.2 Å². The quantitative estimate of drug-likeness (QED) is 0.662. The fraction of sp³-hybridized carbons (Fsp3) is 0.933. The number of hydrogen-bond donors (Lipinski definition) is 2. The Bertz CT molecular complexity index is 277. The number of nitrogens with one attached hydrogen (secondary N) is 2. The highest BCUT2D eigenvalue weighted by atomic mass is 16.5. The summed E-state index contributed by atoms with van der Waals surface area (Å²) in [5.41, 5.74) is 0. The molecule has 1 amide bonds. The van der Waals surface area contributed by atoms with Crippen molar-refractivity contribution in [1.29, 1.82) is 0 Å². The minimum absolute atomic E-state index is 0.222. The minimum Gasteiger partial charge on any atom is -0.378 e. The van der Waals surface area contributed by atoms with Gasteiger partial charge >= 0.3 is 0 Å². The molecule has 1 aliphatic carbocycles. The van der Waals surface area contributed by atoms with Crippen molar-refractivity contribution in [1.82, 2.24) is 10.6 Å². The molecule has 1 aliphatic heterocycles. The van der Waals surface area contributed by atoms with Crippen LogP contribution in [0.25, 0.3) is 0 Å². The Morgan fingerprint density at radius 1 is 1.26 bits per heavy atom. The second kappa shape index (κ2) is 7.85. The number of ether oxygens (including phenoxy) is 1. The molecule has 19 heavy (non-hydrogen) atoms. The van der Waals surface area contributed by atoms with Crippen molar-refractivity contribution in [3.05, 3.63) is 0 Å². The van der Waals surface area contributed by atoms with E-state index in [1.54, 1.807) is 0 Å². The molecule has 2 unspecified atom stereocenters. The largest absolute Gasteiger partial charge is 0.378 e. The van der Waals surface area contributed by atoms with Crippen molar-refractivity contribution in [3.63, 3.8) is 0 Å². The van der Waals surface area contributed by atoms with Crippen LogP contribution in [0, 0.1) is 0 Å². The molecule has 0 spiro atoms. The van der Waals surface area contributed by atoms with E-state index in [4.69, 9.17) is 4.74 Å². The number of amides is 1. The molecule has 0 aromatic rings. The van der Waals surface area contributed by atoms with Crippen LogP contribution >= 0.6 is 0 Å². The van der Waals surface area contributed by atoms with Crippen LogP contribution in [0.15, 0.2) is 0 Å². The summed E-state index contributed by atoms with van der Waals surface area (Å²) in [7, 11) is 0. The second-order valence-electron chi connectivity index (χ2n) is 5.90. The molecule has 4 nitrogen and oxygen atoms in total. The summed E-state index contributed by atoms with van der Waals surface area (Å²) in [6.07, 6.45) is 8.97. The third-order valence-corrected chi connectivity index (χ3v) is 3.93. The van der Waals surface area contributed by atoms with Gasteiger partial charge in [0, 0.05) is 25.1 Å². The first-order chi connectivity index (χ1) is 9.28.